The number of rotatable bonds is 6. The Morgan fingerprint density at radius 2 is 2.33 bits per heavy atom. The Morgan fingerprint density at radius 3 is 3.00 bits per heavy atom. The predicted octanol–water partition coefficient (Wildman–Crippen LogP) is -1.23. The van der Waals surface area contributed by atoms with Gasteiger partial charge >= 0.3 is 0 Å². The second kappa shape index (κ2) is 5.25. The molecule has 0 saturated carbocycles. The van der Waals surface area contributed by atoms with Gasteiger partial charge in [0.05, 0.1) is 6.20 Å². The molecule has 9 nitrogen and oxygen atoms in total. The molecule has 0 unspecified atom stereocenters. The first-order valence-corrected chi connectivity index (χ1v) is 6.59. The average Bonchev–Trinajstić information content (AvgIpc) is 2.99. The molecule has 0 spiro atoms. The molecule has 98 valence electrons. The van der Waals surface area contributed by atoms with E-state index in [-0.39, 0.29) is 18.1 Å². The van der Waals surface area contributed by atoms with Crippen molar-refractivity contribution < 1.29 is 12.9 Å². The molecule has 2 aromatic heterocycles. The smallest absolute Gasteiger partial charge is 0.257 e. The average molecular weight is 272 g/mol. The van der Waals surface area contributed by atoms with Crippen LogP contribution in [-0.2, 0) is 23.0 Å². The fourth-order valence-electron chi connectivity index (χ4n) is 1.35. The molecular formula is C8H12N6O3S. The van der Waals surface area contributed by atoms with E-state index in [4.69, 9.17) is 10.3 Å². The number of aromatic amines is 1. The standard InChI is InChI=1S/C8H12N6O3S/c9-3-6-4-11-14-8(6)18(15,16)13-2-1-7-10-5-12-17-7/h4-5,13H,1-3,9H2,(H,11,14). The zero-order valence-electron chi connectivity index (χ0n) is 9.33. The summed E-state index contributed by atoms with van der Waals surface area (Å²) >= 11 is 0. The van der Waals surface area contributed by atoms with Crippen LogP contribution >= 0.6 is 0 Å². The lowest BCUT2D eigenvalue weighted by Gasteiger charge is -2.04. The molecule has 0 aliphatic rings. The Bertz CT molecular complexity index is 590. The maximum Gasteiger partial charge on any atom is 0.257 e. The molecule has 2 rings (SSSR count). The molecule has 4 N–H and O–H groups in total. The second-order valence-corrected chi connectivity index (χ2v) is 5.12. The highest BCUT2D eigenvalue weighted by atomic mass is 32.2. The van der Waals surface area contributed by atoms with Gasteiger partial charge in [0.25, 0.3) is 10.0 Å². The van der Waals surface area contributed by atoms with Gasteiger partial charge in [0, 0.05) is 25.1 Å². The number of aromatic nitrogens is 4. The van der Waals surface area contributed by atoms with Gasteiger partial charge < -0.3 is 10.3 Å². The van der Waals surface area contributed by atoms with Crippen LogP contribution in [0.15, 0.2) is 22.1 Å². The zero-order chi connectivity index (χ0) is 13.0. The van der Waals surface area contributed by atoms with Gasteiger partial charge in [-0.05, 0) is 0 Å². The molecule has 2 aromatic rings. The Balaban J connectivity index is 1.99. The van der Waals surface area contributed by atoms with Crippen LogP contribution in [0.2, 0.25) is 0 Å². The first-order valence-electron chi connectivity index (χ1n) is 5.11. The third-order valence-electron chi connectivity index (χ3n) is 2.20. The number of nitrogens with two attached hydrogens (primary N) is 1. The van der Waals surface area contributed by atoms with Crippen LogP contribution in [0, 0.1) is 0 Å². The van der Waals surface area contributed by atoms with Gasteiger partial charge in [0.2, 0.25) is 5.89 Å². The van der Waals surface area contributed by atoms with E-state index in [1.54, 1.807) is 0 Å². The normalized spacial score (nSPS) is 11.8. The van der Waals surface area contributed by atoms with Crippen molar-refractivity contribution in [2.75, 3.05) is 6.54 Å². The second-order valence-electron chi connectivity index (χ2n) is 3.41. The van der Waals surface area contributed by atoms with E-state index < -0.39 is 10.0 Å². The summed E-state index contributed by atoms with van der Waals surface area (Å²) in [5.74, 6) is 0.362. The van der Waals surface area contributed by atoms with Crippen LogP contribution < -0.4 is 10.5 Å². The number of hydrogen-bond acceptors (Lipinski definition) is 7. The highest BCUT2D eigenvalue weighted by Crippen LogP contribution is 2.10. The molecule has 0 aliphatic heterocycles. The van der Waals surface area contributed by atoms with E-state index in [0.717, 1.165) is 0 Å². The first kappa shape index (κ1) is 12.7. The van der Waals surface area contributed by atoms with Crippen molar-refractivity contribution in [2.24, 2.45) is 5.73 Å². The quantitative estimate of drug-likeness (QED) is 0.598. The molecule has 0 atom stereocenters. The van der Waals surface area contributed by atoms with Gasteiger partial charge in [-0.25, -0.2) is 13.1 Å². The van der Waals surface area contributed by atoms with E-state index in [1.165, 1.54) is 12.5 Å². The molecule has 0 amide bonds. The van der Waals surface area contributed by atoms with Gasteiger partial charge in [0.1, 0.15) is 0 Å². The minimum absolute atomic E-state index is 0.0180. The highest BCUT2D eigenvalue weighted by Gasteiger charge is 2.19. The van der Waals surface area contributed by atoms with E-state index >= 15 is 0 Å². The summed E-state index contributed by atoms with van der Waals surface area (Å²) < 4.78 is 30.9. The maximum absolute atomic E-state index is 11.9. The molecule has 0 radical (unpaired) electrons. The van der Waals surface area contributed by atoms with Crippen molar-refractivity contribution in [3.63, 3.8) is 0 Å². The van der Waals surface area contributed by atoms with Crippen LogP contribution in [-0.4, -0.2) is 35.3 Å². The molecule has 0 bridgehead atoms. The van der Waals surface area contributed by atoms with Crippen molar-refractivity contribution in [3.05, 3.63) is 24.0 Å². The van der Waals surface area contributed by atoms with Gasteiger partial charge in [0.15, 0.2) is 11.4 Å². The maximum atomic E-state index is 11.9. The minimum Gasteiger partial charge on any atom is -0.340 e. The third-order valence-corrected chi connectivity index (χ3v) is 3.68. The van der Waals surface area contributed by atoms with Crippen molar-refractivity contribution in [1.29, 1.82) is 0 Å². The number of hydrogen-bond donors (Lipinski definition) is 3. The Hall–Kier alpha value is -1.78. The van der Waals surface area contributed by atoms with E-state index in [0.29, 0.717) is 17.9 Å². The van der Waals surface area contributed by atoms with E-state index in [1.807, 2.05) is 0 Å². The lowest BCUT2D eigenvalue weighted by atomic mass is 10.4. The topological polar surface area (TPSA) is 140 Å². The van der Waals surface area contributed by atoms with Crippen molar-refractivity contribution in [2.45, 2.75) is 18.0 Å². The monoisotopic (exact) mass is 272 g/mol. The van der Waals surface area contributed by atoms with E-state index in [2.05, 4.69) is 25.1 Å². The molecule has 10 heteroatoms. The number of H-pyrrole nitrogens is 1. The molecule has 18 heavy (non-hydrogen) atoms. The molecule has 0 aliphatic carbocycles. The number of sulfonamides is 1. The predicted molar refractivity (Wildman–Crippen MR) is 59.7 cm³/mol. The largest absolute Gasteiger partial charge is 0.340 e. The molecule has 2 heterocycles. The van der Waals surface area contributed by atoms with Crippen LogP contribution in [0.25, 0.3) is 0 Å². The fourth-order valence-corrected chi connectivity index (χ4v) is 2.52. The van der Waals surface area contributed by atoms with Crippen LogP contribution in [0.3, 0.4) is 0 Å². The summed E-state index contributed by atoms with van der Waals surface area (Å²) in [6, 6.07) is 0. The summed E-state index contributed by atoms with van der Waals surface area (Å²) in [4.78, 5) is 3.78. The number of nitrogens with zero attached hydrogens (tertiary/aromatic N) is 3. The van der Waals surface area contributed by atoms with Crippen LogP contribution in [0.5, 0.6) is 0 Å². The SMILES string of the molecule is NCc1cn[nH]c1S(=O)(=O)NCCc1ncno1. The van der Waals surface area contributed by atoms with Gasteiger partial charge in [-0.3, -0.25) is 5.10 Å². The fraction of sp³-hybridized carbons (Fsp3) is 0.375. The lowest BCUT2D eigenvalue weighted by Crippen LogP contribution is -2.27. The van der Waals surface area contributed by atoms with Crippen molar-refractivity contribution in [1.82, 2.24) is 25.1 Å². The zero-order valence-corrected chi connectivity index (χ0v) is 10.1. The highest BCUT2D eigenvalue weighted by molar-refractivity contribution is 7.89. The van der Waals surface area contributed by atoms with Crippen LogP contribution in [0.1, 0.15) is 11.5 Å². The van der Waals surface area contributed by atoms with Crippen molar-refractivity contribution in [3.8, 4) is 0 Å². The summed E-state index contributed by atoms with van der Waals surface area (Å²) in [6.45, 7) is 0.240. The summed E-state index contributed by atoms with van der Waals surface area (Å²) in [5, 5.41) is 9.46. The van der Waals surface area contributed by atoms with Crippen molar-refractivity contribution >= 4 is 10.0 Å². The Kier molecular flexibility index (Phi) is 3.69. The summed E-state index contributed by atoms with van der Waals surface area (Å²) in [6.07, 6.45) is 2.95. The number of nitrogens with one attached hydrogen (secondary N) is 2. The molecular weight excluding hydrogens is 260 g/mol. The minimum atomic E-state index is -3.65. The van der Waals surface area contributed by atoms with E-state index in [9.17, 15) is 8.42 Å². The molecule has 0 aromatic carbocycles. The van der Waals surface area contributed by atoms with Gasteiger partial charge in [-0.15, -0.1) is 0 Å². The Morgan fingerprint density at radius 1 is 1.50 bits per heavy atom. The van der Waals surface area contributed by atoms with Gasteiger partial charge in [-0.1, -0.05) is 5.16 Å². The lowest BCUT2D eigenvalue weighted by molar-refractivity contribution is 0.377. The molecule has 0 saturated heterocycles. The van der Waals surface area contributed by atoms with Gasteiger partial charge in [-0.2, -0.15) is 10.1 Å². The molecule has 0 fully saturated rings. The first-order chi connectivity index (χ1) is 8.63. The van der Waals surface area contributed by atoms with Crippen LogP contribution in [0.4, 0.5) is 0 Å². The summed E-state index contributed by atoms with van der Waals surface area (Å²) in [7, 11) is -3.65. The summed E-state index contributed by atoms with van der Waals surface area (Å²) in [5.41, 5.74) is 5.84. The third kappa shape index (κ3) is 2.72. The Labute approximate surface area is 103 Å².